The zero-order chi connectivity index (χ0) is 12.1. The lowest BCUT2D eigenvalue weighted by molar-refractivity contribution is 0.514. The van der Waals surface area contributed by atoms with E-state index < -0.39 is 0 Å². The van der Waals surface area contributed by atoms with Crippen LogP contribution in [0.5, 0.6) is 0 Å². The Balaban J connectivity index is 2.07. The molecule has 2 nitrogen and oxygen atoms in total. The fourth-order valence-electron chi connectivity index (χ4n) is 2.81. The van der Waals surface area contributed by atoms with Gasteiger partial charge in [0.1, 0.15) is 0 Å². The Morgan fingerprint density at radius 3 is 2.88 bits per heavy atom. The number of hydrogen-bond acceptors (Lipinski definition) is 4. The van der Waals surface area contributed by atoms with E-state index in [4.69, 9.17) is 5.84 Å². The minimum atomic E-state index is 0.401. The van der Waals surface area contributed by atoms with E-state index >= 15 is 0 Å². The van der Waals surface area contributed by atoms with E-state index in [0.29, 0.717) is 11.3 Å². The van der Waals surface area contributed by atoms with Crippen LogP contribution in [-0.4, -0.2) is 28.0 Å². The minimum absolute atomic E-state index is 0.401. The molecule has 2 rings (SSSR count). The van der Waals surface area contributed by atoms with Gasteiger partial charge in [-0.3, -0.25) is 11.3 Å². The summed E-state index contributed by atoms with van der Waals surface area (Å²) >= 11 is 4.25. The molecule has 0 aromatic carbocycles. The Morgan fingerprint density at radius 1 is 1.41 bits per heavy atom. The number of nitrogens with two attached hydrogens (primary N) is 1. The van der Waals surface area contributed by atoms with Crippen molar-refractivity contribution in [3.05, 3.63) is 11.6 Å². The Bertz CT molecular complexity index is 268. The van der Waals surface area contributed by atoms with Crippen LogP contribution in [-0.2, 0) is 0 Å². The van der Waals surface area contributed by atoms with Crippen LogP contribution in [0.15, 0.2) is 11.6 Å². The maximum Gasteiger partial charge on any atom is 0.0549 e. The lowest BCUT2D eigenvalue weighted by Crippen LogP contribution is -2.49. The summed E-state index contributed by atoms with van der Waals surface area (Å²) in [5.41, 5.74) is 4.67. The predicted molar refractivity (Wildman–Crippen MR) is 80.4 cm³/mol. The maximum atomic E-state index is 5.84. The third-order valence-corrected chi connectivity index (χ3v) is 7.08. The van der Waals surface area contributed by atoms with Gasteiger partial charge in [0.15, 0.2) is 0 Å². The SMILES string of the molecule is CCC1SCCSC1C(NN)C1=CCCCC1. The largest absolute Gasteiger partial charge is 0.271 e. The second-order valence-electron chi connectivity index (χ2n) is 4.82. The molecule has 0 spiro atoms. The molecule has 3 N–H and O–H groups in total. The summed E-state index contributed by atoms with van der Waals surface area (Å²) < 4.78 is 0. The molecule has 3 atom stereocenters. The van der Waals surface area contributed by atoms with Crippen LogP contribution in [0, 0.1) is 0 Å². The number of thioether (sulfide) groups is 2. The molecule has 98 valence electrons. The topological polar surface area (TPSA) is 38.0 Å². The molecule has 4 heteroatoms. The highest BCUT2D eigenvalue weighted by Gasteiger charge is 2.33. The first kappa shape index (κ1) is 13.8. The smallest absolute Gasteiger partial charge is 0.0549 e. The van der Waals surface area contributed by atoms with Gasteiger partial charge in [-0.25, -0.2) is 0 Å². The molecule has 17 heavy (non-hydrogen) atoms. The van der Waals surface area contributed by atoms with Crippen LogP contribution in [0.2, 0.25) is 0 Å². The summed E-state index contributed by atoms with van der Waals surface area (Å²) in [4.78, 5) is 0. The van der Waals surface area contributed by atoms with Crippen molar-refractivity contribution in [2.24, 2.45) is 5.84 Å². The molecule has 0 aromatic rings. The quantitative estimate of drug-likeness (QED) is 0.469. The van der Waals surface area contributed by atoms with E-state index in [9.17, 15) is 0 Å². The lowest BCUT2D eigenvalue weighted by atomic mass is 9.91. The summed E-state index contributed by atoms with van der Waals surface area (Å²) in [6.07, 6.45) is 8.87. The molecule has 0 aromatic heterocycles. The second-order valence-corrected chi connectivity index (χ2v) is 7.46. The van der Waals surface area contributed by atoms with Gasteiger partial charge in [-0.1, -0.05) is 18.6 Å². The van der Waals surface area contributed by atoms with Gasteiger partial charge >= 0.3 is 0 Å². The first-order chi connectivity index (χ1) is 8.36. The third-order valence-electron chi connectivity index (χ3n) is 3.73. The molecule has 2 aliphatic rings. The highest BCUT2D eigenvalue weighted by Crippen LogP contribution is 2.38. The zero-order valence-electron chi connectivity index (χ0n) is 10.7. The first-order valence-electron chi connectivity index (χ1n) is 6.75. The van der Waals surface area contributed by atoms with E-state index in [2.05, 4.69) is 41.9 Å². The van der Waals surface area contributed by atoms with Gasteiger partial charge in [-0.2, -0.15) is 23.5 Å². The minimum Gasteiger partial charge on any atom is -0.271 e. The zero-order valence-corrected chi connectivity index (χ0v) is 12.3. The fourth-order valence-corrected chi connectivity index (χ4v) is 6.06. The molecule has 1 fully saturated rings. The van der Waals surface area contributed by atoms with E-state index in [1.54, 1.807) is 5.57 Å². The Morgan fingerprint density at radius 2 is 2.24 bits per heavy atom. The lowest BCUT2D eigenvalue weighted by Gasteiger charge is -2.37. The van der Waals surface area contributed by atoms with Crippen molar-refractivity contribution in [1.29, 1.82) is 0 Å². The summed E-state index contributed by atoms with van der Waals surface area (Å²) in [5.74, 6) is 8.41. The molecule has 1 aliphatic heterocycles. The molecule has 0 amide bonds. The van der Waals surface area contributed by atoms with Gasteiger partial charge in [0.25, 0.3) is 0 Å². The number of rotatable bonds is 4. The predicted octanol–water partition coefficient (Wildman–Crippen LogP) is 2.95. The van der Waals surface area contributed by atoms with Gasteiger partial charge in [-0.15, -0.1) is 0 Å². The van der Waals surface area contributed by atoms with Gasteiger partial charge in [0, 0.05) is 22.0 Å². The molecule has 0 saturated carbocycles. The van der Waals surface area contributed by atoms with Gasteiger partial charge < -0.3 is 0 Å². The summed E-state index contributed by atoms with van der Waals surface area (Å²) in [5, 5.41) is 1.42. The van der Waals surface area contributed by atoms with E-state index in [1.807, 2.05) is 0 Å². The molecule has 1 aliphatic carbocycles. The second kappa shape index (κ2) is 7.07. The fraction of sp³-hybridized carbons (Fsp3) is 0.846. The average Bonchev–Trinajstić information content (AvgIpc) is 2.41. The summed E-state index contributed by atoms with van der Waals surface area (Å²) in [6.45, 7) is 2.30. The van der Waals surface area contributed by atoms with Gasteiger partial charge in [0.05, 0.1) is 6.04 Å². The number of hydrogen-bond donors (Lipinski definition) is 2. The molecular formula is C13H24N2S2. The maximum absolute atomic E-state index is 5.84. The van der Waals surface area contributed by atoms with E-state index in [0.717, 1.165) is 5.25 Å². The molecular weight excluding hydrogens is 248 g/mol. The van der Waals surface area contributed by atoms with Crippen molar-refractivity contribution >= 4 is 23.5 Å². The van der Waals surface area contributed by atoms with Gasteiger partial charge in [-0.05, 0) is 32.1 Å². The number of nitrogens with one attached hydrogen (secondary N) is 1. The molecule has 1 saturated heterocycles. The van der Waals surface area contributed by atoms with Crippen LogP contribution in [0.1, 0.15) is 39.0 Å². The normalized spacial score (nSPS) is 32.0. The third kappa shape index (κ3) is 3.43. The van der Waals surface area contributed by atoms with Crippen LogP contribution < -0.4 is 11.3 Å². The molecule has 1 heterocycles. The Hall–Kier alpha value is 0.360. The highest BCUT2D eigenvalue weighted by molar-refractivity contribution is 8.07. The van der Waals surface area contributed by atoms with Crippen molar-refractivity contribution in [3.8, 4) is 0 Å². The molecule has 0 bridgehead atoms. The van der Waals surface area contributed by atoms with Crippen molar-refractivity contribution in [2.75, 3.05) is 11.5 Å². The Kier molecular flexibility index (Phi) is 5.74. The van der Waals surface area contributed by atoms with Crippen molar-refractivity contribution < 1.29 is 0 Å². The summed E-state index contributed by atoms with van der Waals surface area (Å²) in [7, 11) is 0. The average molecular weight is 272 g/mol. The monoisotopic (exact) mass is 272 g/mol. The van der Waals surface area contributed by atoms with Crippen LogP contribution in [0.3, 0.4) is 0 Å². The number of allylic oxidation sites excluding steroid dienone is 1. The molecule has 0 radical (unpaired) electrons. The first-order valence-corrected chi connectivity index (χ1v) is 8.84. The van der Waals surface area contributed by atoms with Crippen molar-refractivity contribution in [1.82, 2.24) is 5.43 Å². The van der Waals surface area contributed by atoms with Crippen molar-refractivity contribution in [3.63, 3.8) is 0 Å². The van der Waals surface area contributed by atoms with E-state index in [1.165, 1.54) is 43.6 Å². The van der Waals surface area contributed by atoms with E-state index in [-0.39, 0.29) is 0 Å². The number of hydrazine groups is 1. The van der Waals surface area contributed by atoms with Crippen molar-refractivity contribution in [2.45, 2.75) is 55.6 Å². The summed E-state index contributed by atoms with van der Waals surface area (Å²) in [6, 6.07) is 0.401. The standard InChI is InChI=1S/C13H24N2S2/c1-2-11-13(17-9-8-16-11)12(15-14)10-6-4-3-5-7-10/h6,11-13,15H,2-5,7-9,14H2,1H3. The van der Waals surface area contributed by atoms with Gasteiger partial charge in [0.2, 0.25) is 0 Å². The van der Waals surface area contributed by atoms with Crippen LogP contribution in [0.4, 0.5) is 0 Å². The van der Waals surface area contributed by atoms with Crippen LogP contribution in [0.25, 0.3) is 0 Å². The molecule has 3 unspecified atom stereocenters. The Labute approximate surface area is 114 Å². The van der Waals surface area contributed by atoms with Crippen LogP contribution >= 0.6 is 23.5 Å². The highest BCUT2D eigenvalue weighted by atomic mass is 32.2.